The topological polar surface area (TPSA) is 145 Å². The highest BCUT2D eigenvalue weighted by Crippen LogP contribution is 2.45. The molecule has 0 saturated carbocycles. The van der Waals surface area contributed by atoms with Crippen LogP contribution in [0.1, 0.15) is 31.8 Å². The number of rotatable bonds is 14. The zero-order chi connectivity index (χ0) is 32.7. The van der Waals surface area contributed by atoms with Gasteiger partial charge in [-0.25, -0.2) is 4.57 Å². The predicted octanol–water partition coefficient (Wildman–Crippen LogP) is 5.76. The van der Waals surface area contributed by atoms with Crippen molar-refractivity contribution in [3.05, 3.63) is 95.1 Å². The van der Waals surface area contributed by atoms with Crippen molar-refractivity contribution in [2.75, 3.05) is 42.7 Å². The van der Waals surface area contributed by atoms with E-state index in [0.717, 1.165) is 0 Å². The van der Waals surface area contributed by atoms with E-state index in [1.807, 2.05) is 0 Å². The van der Waals surface area contributed by atoms with Gasteiger partial charge in [-0.05, 0) is 48.5 Å². The van der Waals surface area contributed by atoms with Crippen LogP contribution >= 0.6 is 7.82 Å². The molecule has 0 aliphatic heterocycles. The molecule has 0 spiro atoms. The maximum absolute atomic E-state index is 13.3. The average Bonchev–Trinajstić information content (AvgIpc) is 3.06. The molecule has 4 aromatic carbocycles. The fourth-order valence-electron chi connectivity index (χ4n) is 4.37. The Morgan fingerprint density at radius 2 is 0.778 bits per heavy atom. The van der Waals surface area contributed by atoms with Crippen LogP contribution in [0.2, 0.25) is 0 Å². The Hall–Kier alpha value is -5.19. The first-order valence-corrected chi connectivity index (χ1v) is 14.7. The number of ether oxygens (including phenoxy) is 6. The van der Waals surface area contributed by atoms with Gasteiger partial charge in [-0.2, -0.15) is 0 Å². The highest BCUT2D eigenvalue weighted by Gasteiger charge is 2.27. The molecule has 236 valence electrons. The van der Waals surface area contributed by atoms with Crippen molar-refractivity contribution in [1.82, 2.24) is 0 Å². The summed E-state index contributed by atoms with van der Waals surface area (Å²) in [5.74, 6) is 0.997. The van der Waals surface area contributed by atoms with Gasteiger partial charge in [0.25, 0.3) is 0 Å². The Morgan fingerprint density at radius 3 is 1.02 bits per heavy atom. The van der Waals surface area contributed by atoms with E-state index in [1.165, 1.54) is 91.2 Å². The van der Waals surface area contributed by atoms with Crippen LogP contribution in [0.4, 0.5) is 0 Å². The molecule has 0 aliphatic carbocycles. The Bertz CT molecular complexity index is 1560. The van der Waals surface area contributed by atoms with E-state index in [0.29, 0.717) is 11.5 Å². The molecular formula is C32H31O12P. The summed E-state index contributed by atoms with van der Waals surface area (Å²) >= 11 is 0. The molecule has 0 aliphatic rings. The maximum atomic E-state index is 13.3. The van der Waals surface area contributed by atoms with Gasteiger partial charge in [0.15, 0.2) is 0 Å². The van der Waals surface area contributed by atoms with E-state index in [1.54, 1.807) is 24.3 Å². The maximum Gasteiger partial charge on any atom is 0.584 e. The molecule has 4 aromatic rings. The first kappa shape index (κ1) is 32.7. The van der Waals surface area contributed by atoms with E-state index in [-0.39, 0.29) is 56.8 Å². The first-order valence-electron chi connectivity index (χ1n) is 13.2. The lowest BCUT2D eigenvalue weighted by atomic mass is 10.0. The summed E-state index contributed by atoms with van der Waals surface area (Å²) in [7, 11) is 3.95. The molecular weight excluding hydrogens is 607 g/mol. The number of carbonyl (C=O) groups is 2. The lowest BCUT2D eigenvalue weighted by Gasteiger charge is -2.16. The predicted molar refractivity (Wildman–Crippen MR) is 163 cm³/mol. The molecule has 0 amide bonds. The number of ketones is 2. The van der Waals surface area contributed by atoms with Gasteiger partial charge in [-0.3, -0.25) is 14.5 Å². The number of carbonyl (C=O) groups excluding carboxylic acids is 2. The average molecular weight is 639 g/mol. The van der Waals surface area contributed by atoms with E-state index in [4.69, 9.17) is 37.5 Å². The van der Waals surface area contributed by atoms with Crippen LogP contribution in [0.5, 0.6) is 46.0 Å². The van der Waals surface area contributed by atoms with Crippen LogP contribution in [0.3, 0.4) is 0 Å². The number of hydrogen-bond donors (Lipinski definition) is 1. The minimum Gasteiger partial charge on any atom is -0.496 e. The highest BCUT2D eigenvalue weighted by molar-refractivity contribution is 7.48. The van der Waals surface area contributed by atoms with Gasteiger partial charge in [0.1, 0.15) is 57.1 Å². The number of benzene rings is 4. The van der Waals surface area contributed by atoms with E-state index in [2.05, 4.69) is 0 Å². The number of phosphoric ester groups is 1. The van der Waals surface area contributed by atoms with Crippen molar-refractivity contribution in [2.45, 2.75) is 0 Å². The molecule has 1 N–H and O–H groups in total. The molecule has 0 radical (unpaired) electrons. The standard InChI is InChI=1S/C32H31O12P/c1-37-23-15-25(39-3)29(26(16-23)40-4)31(33)19-7-11-21(12-8-19)43-45(35,36)44-22-13-9-20(10-14-22)32(34)30-27(41-5)17-24(38-2)18-28(30)42-6/h7-18H,1-6H3,(H,35,36). The fourth-order valence-corrected chi connectivity index (χ4v) is 5.18. The van der Waals surface area contributed by atoms with Crippen molar-refractivity contribution in [2.24, 2.45) is 0 Å². The second-order valence-corrected chi connectivity index (χ2v) is 10.5. The summed E-state index contributed by atoms with van der Waals surface area (Å²) in [6, 6.07) is 17.3. The Morgan fingerprint density at radius 1 is 0.489 bits per heavy atom. The van der Waals surface area contributed by atoms with Gasteiger partial charge in [-0.1, -0.05) is 0 Å². The summed E-state index contributed by atoms with van der Waals surface area (Å²) in [5, 5.41) is 0. The van der Waals surface area contributed by atoms with Crippen LogP contribution in [0.25, 0.3) is 0 Å². The Balaban J connectivity index is 1.48. The van der Waals surface area contributed by atoms with Crippen LogP contribution in [0, 0.1) is 0 Å². The van der Waals surface area contributed by atoms with Gasteiger partial charge in [-0.15, -0.1) is 0 Å². The van der Waals surface area contributed by atoms with Gasteiger partial charge in [0.05, 0.1) is 42.7 Å². The van der Waals surface area contributed by atoms with Crippen LogP contribution in [-0.4, -0.2) is 59.1 Å². The number of hydrogen-bond acceptors (Lipinski definition) is 11. The second kappa shape index (κ2) is 14.1. The zero-order valence-corrected chi connectivity index (χ0v) is 26.2. The Labute approximate surface area is 259 Å². The molecule has 0 aromatic heterocycles. The molecule has 0 fully saturated rings. The normalized spacial score (nSPS) is 10.8. The first-order chi connectivity index (χ1) is 21.6. The second-order valence-electron chi connectivity index (χ2n) is 9.17. The number of phosphoric acid groups is 1. The molecule has 4 rings (SSSR count). The lowest BCUT2D eigenvalue weighted by Crippen LogP contribution is -2.07. The molecule has 0 atom stereocenters. The molecule has 13 heteroatoms. The lowest BCUT2D eigenvalue weighted by molar-refractivity contribution is 0.102. The smallest absolute Gasteiger partial charge is 0.496 e. The summed E-state index contributed by atoms with van der Waals surface area (Å²) in [5.41, 5.74) is 0.833. The Kier molecular flexibility index (Phi) is 10.2. The summed E-state index contributed by atoms with van der Waals surface area (Å²) < 4.78 is 55.1. The van der Waals surface area contributed by atoms with Crippen LogP contribution in [0.15, 0.2) is 72.8 Å². The molecule has 45 heavy (non-hydrogen) atoms. The van der Waals surface area contributed by atoms with Crippen LogP contribution in [-0.2, 0) is 4.57 Å². The molecule has 0 heterocycles. The summed E-state index contributed by atoms with van der Waals surface area (Å²) in [6.45, 7) is 0. The van der Waals surface area contributed by atoms with Crippen molar-refractivity contribution >= 4 is 19.4 Å². The van der Waals surface area contributed by atoms with Crippen molar-refractivity contribution < 1.29 is 56.5 Å². The third kappa shape index (κ3) is 7.31. The van der Waals surface area contributed by atoms with Crippen molar-refractivity contribution in [1.29, 1.82) is 0 Å². The summed E-state index contributed by atoms with van der Waals surface area (Å²) in [4.78, 5) is 37.0. The van der Waals surface area contributed by atoms with E-state index >= 15 is 0 Å². The largest absolute Gasteiger partial charge is 0.584 e. The summed E-state index contributed by atoms with van der Waals surface area (Å²) in [6.07, 6.45) is 0. The fraction of sp³-hybridized carbons (Fsp3) is 0.188. The molecule has 0 bridgehead atoms. The van der Waals surface area contributed by atoms with E-state index < -0.39 is 19.4 Å². The highest BCUT2D eigenvalue weighted by atomic mass is 31.2. The van der Waals surface area contributed by atoms with Gasteiger partial charge in [0.2, 0.25) is 11.6 Å². The van der Waals surface area contributed by atoms with Crippen LogP contribution < -0.4 is 37.5 Å². The molecule has 12 nitrogen and oxygen atoms in total. The van der Waals surface area contributed by atoms with Gasteiger partial charge in [0, 0.05) is 35.4 Å². The minimum atomic E-state index is -4.68. The third-order valence-corrected chi connectivity index (χ3v) is 7.44. The quantitative estimate of drug-likeness (QED) is 0.132. The number of methoxy groups -OCH3 is 6. The van der Waals surface area contributed by atoms with Crippen molar-refractivity contribution in [3.8, 4) is 46.0 Å². The van der Waals surface area contributed by atoms with Gasteiger partial charge >= 0.3 is 7.82 Å². The van der Waals surface area contributed by atoms with Crippen molar-refractivity contribution in [3.63, 3.8) is 0 Å². The molecule has 0 unspecified atom stereocenters. The SMILES string of the molecule is COc1cc(OC)c(C(=O)c2ccc(OP(=O)(O)Oc3ccc(C(=O)c4c(OC)cc(OC)cc4OC)cc3)cc2)c(OC)c1. The monoisotopic (exact) mass is 638 g/mol. The third-order valence-electron chi connectivity index (χ3n) is 6.56. The zero-order valence-electron chi connectivity index (χ0n) is 25.3. The van der Waals surface area contributed by atoms with E-state index in [9.17, 15) is 19.0 Å². The molecule has 0 saturated heterocycles. The van der Waals surface area contributed by atoms with Gasteiger partial charge < -0.3 is 37.5 Å². The minimum absolute atomic E-state index is 0.0310.